The van der Waals surface area contributed by atoms with Crippen LogP contribution >= 0.6 is 15.9 Å². The van der Waals surface area contributed by atoms with Crippen LogP contribution in [0.25, 0.3) is 0 Å². The second kappa shape index (κ2) is 4.32. The summed E-state index contributed by atoms with van der Waals surface area (Å²) in [5.41, 5.74) is 0.0926. The van der Waals surface area contributed by atoms with Gasteiger partial charge < -0.3 is 4.74 Å². The molecule has 0 bridgehead atoms. The van der Waals surface area contributed by atoms with Gasteiger partial charge in [0.15, 0.2) is 0 Å². The number of rotatable bonds is 2. The van der Waals surface area contributed by atoms with Gasteiger partial charge in [-0.05, 0) is 22.0 Å². The average Bonchev–Trinajstić information content (AvgIpc) is 2.09. The quantitative estimate of drug-likeness (QED) is 0.747. The fourth-order valence-corrected chi connectivity index (χ4v) is 1.09. The fourth-order valence-electron chi connectivity index (χ4n) is 0.782. The Morgan fingerprint density at radius 3 is 3.00 bits per heavy atom. The van der Waals surface area contributed by atoms with E-state index in [0.29, 0.717) is 4.47 Å². The van der Waals surface area contributed by atoms with Crippen molar-refractivity contribution in [1.82, 2.24) is 4.98 Å². The number of carbonyl (C=O) groups is 1. The second-order valence-corrected chi connectivity index (χ2v) is 3.25. The van der Waals surface area contributed by atoms with Crippen LogP contribution in [-0.2, 0) is 16.0 Å². The summed E-state index contributed by atoms with van der Waals surface area (Å²) in [4.78, 5) is 14.5. The number of nitrogens with zero attached hydrogens (tertiary/aromatic N) is 1. The molecule has 0 fully saturated rings. The van der Waals surface area contributed by atoms with E-state index in [-0.39, 0.29) is 12.1 Å². The number of hydrogen-bond acceptors (Lipinski definition) is 3. The Kier molecular flexibility index (Phi) is 3.36. The van der Waals surface area contributed by atoms with E-state index in [1.165, 1.54) is 19.4 Å². The van der Waals surface area contributed by atoms with Gasteiger partial charge in [-0.15, -0.1) is 0 Å². The van der Waals surface area contributed by atoms with Crippen molar-refractivity contribution in [2.45, 2.75) is 6.42 Å². The summed E-state index contributed by atoms with van der Waals surface area (Å²) < 4.78 is 18.0. The van der Waals surface area contributed by atoms with Gasteiger partial charge in [0.1, 0.15) is 5.82 Å². The van der Waals surface area contributed by atoms with Crippen molar-refractivity contribution in [2.75, 3.05) is 7.11 Å². The highest BCUT2D eigenvalue weighted by Crippen LogP contribution is 2.12. The number of esters is 1. The van der Waals surface area contributed by atoms with Crippen LogP contribution in [0.3, 0.4) is 0 Å². The van der Waals surface area contributed by atoms with Crippen LogP contribution in [0.15, 0.2) is 16.7 Å². The minimum absolute atomic E-state index is 0.0926. The van der Waals surface area contributed by atoms with Gasteiger partial charge in [-0.1, -0.05) is 0 Å². The van der Waals surface area contributed by atoms with Crippen molar-refractivity contribution in [3.8, 4) is 0 Å². The molecule has 0 aliphatic rings. The molecule has 5 heteroatoms. The molecule has 1 aromatic rings. The first-order valence-electron chi connectivity index (χ1n) is 3.50. The predicted octanol–water partition coefficient (Wildman–Crippen LogP) is 1.70. The molecule has 0 saturated heterocycles. The molecule has 1 aromatic heterocycles. The lowest BCUT2D eigenvalue weighted by Crippen LogP contribution is -2.07. The molecule has 1 heterocycles. The SMILES string of the molecule is COC(=O)Cc1ncc(Br)cc1F. The summed E-state index contributed by atoms with van der Waals surface area (Å²) in [6.45, 7) is 0. The van der Waals surface area contributed by atoms with Crippen molar-refractivity contribution >= 4 is 21.9 Å². The third-order valence-electron chi connectivity index (χ3n) is 1.42. The molecule has 0 unspecified atom stereocenters. The van der Waals surface area contributed by atoms with Gasteiger partial charge in [-0.2, -0.15) is 0 Å². The first-order chi connectivity index (χ1) is 6.13. The molecule has 0 N–H and O–H groups in total. The second-order valence-electron chi connectivity index (χ2n) is 2.33. The Balaban J connectivity index is 2.83. The molecule has 0 aliphatic heterocycles. The number of methoxy groups -OCH3 is 1. The molecule has 0 amide bonds. The van der Waals surface area contributed by atoms with E-state index in [1.54, 1.807) is 0 Å². The zero-order valence-electron chi connectivity index (χ0n) is 6.88. The molecule has 3 nitrogen and oxygen atoms in total. The monoisotopic (exact) mass is 247 g/mol. The first-order valence-corrected chi connectivity index (χ1v) is 4.29. The molecule has 0 saturated carbocycles. The van der Waals surface area contributed by atoms with Gasteiger partial charge in [-0.3, -0.25) is 9.78 Å². The normalized spacial score (nSPS) is 9.77. The van der Waals surface area contributed by atoms with E-state index >= 15 is 0 Å². The number of halogens is 2. The molecule has 0 spiro atoms. The number of carbonyl (C=O) groups excluding carboxylic acids is 1. The summed E-state index contributed by atoms with van der Waals surface area (Å²) in [5, 5.41) is 0. The minimum Gasteiger partial charge on any atom is -0.469 e. The lowest BCUT2D eigenvalue weighted by atomic mass is 10.2. The van der Waals surface area contributed by atoms with Crippen LogP contribution in [0.4, 0.5) is 4.39 Å². The maximum atomic E-state index is 13.0. The van der Waals surface area contributed by atoms with Crippen molar-refractivity contribution in [3.05, 3.63) is 28.2 Å². The molecule has 0 radical (unpaired) electrons. The summed E-state index contributed by atoms with van der Waals surface area (Å²) in [7, 11) is 1.25. The van der Waals surface area contributed by atoms with E-state index in [9.17, 15) is 9.18 Å². The van der Waals surface area contributed by atoms with Gasteiger partial charge >= 0.3 is 5.97 Å². The van der Waals surface area contributed by atoms with Gasteiger partial charge in [0, 0.05) is 10.7 Å². The van der Waals surface area contributed by atoms with E-state index in [1.807, 2.05) is 0 Å². The zero-order chi connectivity index (χ0) is 9.84. The number of ether oxygens (including phenoxy) is 1. The topological polar surface area (TPSA) is 39.2 Å². The Labute approximate surface area is 83.1 Å². The molecule has 0 aromatic carbocycles. The van der Waals surface area contributed by atoms with Crippen LogP contribution in [0, 0.1) is 5.82 Å². The van der Waals surface area contributed by atoms with E-state index < -0.39 is 11.8 Å². The average molecular weight is 248 g/mol. The Morgan fingerprint density at radius 2 is 2.46 bits per heavy atom. The molecule has 1 rings (SSSR count). The third kappa shape index (κ3) is 2.77. The maximum Gasteiger partial charge on any atom is 0.311 e. The standard InChI is InChI=1S/C8H7BrFNO2/c1-13-8(12)3-7-6(10)2-5(9)4-11-7/h2,4H,3H2,1H3. The van der Waals surface area contributed by atoms with Crippen molar-refractivity contribution in [1.29, 1.82) is 0 Å². The summed E-state index contributed by atoms with van der Waals surface area (Å²) >= 11 is 3.06. The Morgan fingerprint density at radius 1 is 1.77 bits per heavy atom. The van der Waals surface area contributed by atoms with E-state index in [0.717, 1.165) is 0 Å². The summed E-state index contributed by atoms with van der Waals surface area (Å²) in [5.74, 6) is -1.02. The van der Waals surface area contributed by atoms with Gasteiger partial charge in [0.05, 0.1) is 19.2 Å². The maximum absolute atomic E-state index is 13.0. The molecule has 0 atom stereocenters. The third-order valence-corrected chi connectivity index (χ3v) is 1.86. The van der Waals surface area contributed by atoms with Crippen molar-refractivity contribution < 1.29 is 13.9 Å². The van der Waals surface area contributed by atoms with Gasteiger partial charge in [0.25, 0.3) is 0 Å². The van der Waals surface area contributed by atoms with Gasteiger partial charge in [0.2, 0.25) is 0 Å². The molecular weight excluding hydrogens is 241 g/mol. The molecule has 0 aliphatic carbocycles. The smallest absolute Gasteiger partial charge is 0.311 e. The minimum atomic E-state index is -0.514. The predicted molar refractivity (Wildman–Crippen MR) is 47.6 cm³/mol. The lowest BCUT2D eigenvalue weighted by molar-refractivity contribution is -0.139. The number of hydrogen-bond donors (Lipinski definition) is 0. The van der Waals surface area contributed by atoms with Crippen LogP contribution in [0.2, 0.25) is 0 Å². The molecule has 13 heavy (non-hydrogen) atoms. The van der Waals surface area contributed by atoms with Crippen LogP contribution in [0.5, 0.6) is 0 Å². The zero-order valence-corrected chi connectivity index (χ0v) is 8.47. The largest absolute Gasteiger partial charge is 0.469 e. The van der Waals surface area contributed by atoms with E-state index in [2.05, 4.69) is 25.7 Å². The highest BCUT2D eigenvalue weighted by molar-refractivity contribution is 9.10. The molecule has 70 valence electrons. The molecular formula is C8H7BrFNO2. The van der Waals surface area contributed by atoms with Crippen molar-refractivity contribution in [2.24, 2.45) is 0 Å². The Bertz CT molecular complexity index is 330. The summed E-state index contributed by atoms with van der Waals surface area (Å²) in [6, 6.07) is 1.26. The first kappa shape index (κ1) is 10.1. The lowest BCUT2D eigenvalue weighted by Gasteiger charge is -2.00. The van der Waals surface area contributed by atoms with E-state index in [4.69, 9.17) is 0 Å². The fraction of sp³-hybridized carbons (Fsp3) is 0.250. The van der Waals surface area contributed by atoms with Gasteiger partial charge in [-0.25, -0.2) is 4.39 Å². The van der Waals surface area contributed by atoms with Crippen molar-refractivity contribution in [3.63, 3.8) is 0 Å². The van der Waals surface area contributed by atoms with Crippen LogP contribution < -0.4 is 0 Å². The summed E-state index contributed by atoms with van der Waals surface area (Å²) in [6.07, 6.45) is 1.29. The number of aromatic nitrogens is 1. The van der Waals surface area contributed by atoms with Crippen LogP contribution in [-0.4, -0.2) is 18.1 Å². The highest BCUT2D eigenvalue weighted by Gasteiger charge is 2.09. The Hall–Kier alpha value is -0.970. The highest BCUT2D eigenvalue weighted by atomic mass is 79.9. The van der Waals surface area contributed by atoms with Crippen LogP contribution in [0.1, 0.15) is 5.69 Å². The number of pyridine rings is 1.